The highest BCUT2D eigenvalue weighted by Gasteiger charge is 2.34. The second-order valence-electron chi connectivity index (χ2n) is 4.22. The number of alkyl halides is 3. The van der Waals surface area contributed by atoms with Gasteiger partial charge in [0.25, 0.3) is 0 Å². The summed E-state index contributed by atoms with van der Waals surface area (Å²) in [5, 5.41) is 6.50. The lowest BCUT2D eigenvalue weighted by atomic mass is 10.2. The molecule has 0 atom stereocenters. The van der Waals surface area contributed by atoms with Gasteiger partial charge in [0.2, 0.25) is 0 Å². The molecule has 2 heterocycles. The quantitative estimate of drug-likeness (QED) is 0.827. The number of imidazole rings is 1. The fourth-order valence-corrected chi connectivity index (χ4v) is 1.81. The van der Waals surface area contributed by atoms with Gasteiger partial charge in [0, 0.05) is 24.0 Å². The molecule has 94 valence electrons. The molecule has 7 heteroatoms. The van der Waals surface area contributed by atoms with Crippen LogP contribution in [0, 0.1) is 0 Å². The second kappa shape index (κ2) is 3.79. The lowest BCUT2D eigenvalue weighted by molar-refractivity contribution is -0.141. The van der Waals surface area contributed by atoms with Gasteiger partial charge < -0.3 is 4.57 Å². The van der Waals surface area contributed by atoms with Crippen molar-refractivity contribution in [1.29, 1.82) is 0 Å². The van der Waals surface area contributed by atoms with E-state index < -0.39 is 11.9 Å². The molecule has 0 aromatic carbocycles. The molecule has 0 amide bonds. The maximum Gasteiger partial charge on any atom is 0.435 e. The molecule has 0 saturated heterocycles. The summed E-state index contributed by atoms with van der Waals surface area (Å²) in [5.41, 5.74) is -0.653. The van der Waals surface area contributed by atoms with Gasteiger partial charge in [-0.15, -0.1) is 5.10 Å². The molecule has 0 unspecified atom stereocenters. The van der Waals surface area contributed by atoms with Crippen molar-refractivity contribution in [2.75, 3.05) is 0 Å². The van der Waals surface area contributed by atoms with Crippen LogP contribution in [-0.4, -0.2) is 19.7 Å². The van der Waals surface area contributed by atoms with E-state index in [2.05, 4.69) is 15.2 Å². The van der Waals surface area contributed by atoms with Gasteiger partial charge in [-0.1, -0.05) is 0 Å². The molecule has 3 rings (SSSR count). The van der Waals surface area contributed by atoms with Crippen molar-refractivity contribution in [2.45, 2.75) is 25.1 Å². The third kappa shape index (κ3) is 1.96. The molecule has 2 aromatic heterocycles. The number of halogens is 3. The van der Waals surface area contributed by atoms with Crippen molar-refractivity contribution in [3.8, 4) is 11.4 Å². The smallest absolute Gasteiger partial charge is 0.328 e. The molecule has 1 saturated carbocycles. The number of aromatic nitrogens is 4. The highest BCUT2D eigenvalue weighted by atomic mass is 19.4. The Morgan fingerprint density at radius 1 is 1.28 bits per heavy atom. The van der Waals surface area contributed by atoms with E-state index in [4.69, 9.17) is 0 Å². The number of hydrogen-bond acceptors (Lipinski definition) is 3. The molecule has 1 aliphatic carbocycles. The average molecular weight is 254 g/mol. The van der Waals surface area contributed by atoms with E-state index in [-0.39, 0.29) is 0 Å². The highest BCUT2D eigenvalue weighted by Crippen LogP contribution is 2.38. The molecule has 4 nitrogen and oxygen atoms in total. The summed E-state index contributed by atoms with van der Waals surface area (Å²) < 4.78 is 39.5. The third-order valence-electron chi connectivity index (χ3n) is 2.81. The molecule has 0 N–H and O–H groups in total. The second-order valence-corrected chi connectivity index (χ2v) is 4.22. The topological polar surface area (TPSA) is 43.6 Å². The average Bonchev–Trinajstić information content (AvgIpc) is 3.06. The van der Waals surface area contributed by atoms with Gasteiger partial charge in [0.15, 0.2) is 5.69 Å². The summed E-state index contributed by atoms with van der Waals surface area (Å²) in [5.74, 6) is 0.512. The fourth-order valence-electron chi connectivity index (χ4n) is 1.81. The lowest BCUT2D eigenvalue weighted by Gasteiger charge is -2.08. The van der Waals surface area contributed by atoms with E-state index in [0.29, 0.717) is 17.4 Å². The Morgan fingerprint density at radius 2 is 2.06 bits per heavy atom. The first-order chi connectivity index (χ1) is 8.55. The summed E-state index contributed by atoms with van der Waals surface area (Å²) in [6.45, 7) is 0. The monoisotopic (exact) mass is 254 g/mol. The van der Waals surface area contributed by atoms with E-state index in [1.165, 1.54) is 6.20 Å². The molecule has 2 aromatic rings. The van der Waals surface area contributed by atoms with E-state index >= 15 is 0 Å². The van der Waals surface area contributed by atoms with E-state index in [0.717, 1.165) is 18.9 Å². The van der Waals surface area contributed by atoms with E-state index in [1.54, 1.807) is 12.4 Å². The van der Waals surface area contributed by atoms with Crippen LogP contribution in [0.4, 0.5) is 13.2 Å². The van der Waals surface area contributed by atoms with Crippen molar-refractivity contribution in [2.24, 2.45) is 0 Å². The molecule has 0 spiro atoms. The zero-order chi connectivity index (χ0) is 12.8. The van der Waals surface area contributed by atoms with Crippen LogP contribution in [0.15, 0.2) is 24.7 Å². The van der Waals surface area contributed by atoms with Gasteiger partial charge in [0.05, 0.1) is 6.20 Å². The number of nitrogens with zero attached hydrogens (tertiary/aromatic N) is 4. The molecule has 0 radical (unpaired) electrons. The van der Waals surface area contributed by atoms with Crippen LogP contribution in [0.1, 0.15) is 24.6 Å². The van der Waals surface area contributed by atoms with Crippen LogP contribution >= 0.6 is 0 Å². The van der Waals surface area contributed by atoms with Crippen LogP contribution < -0.4 is 0 Å². The van der Waals surface area contributed by atoms with Crippen molar-refractivity contribution in [3.63, 3.8) is 0 Å². The van der Waals surface area contributed by atoms with Crippen LogP contribution in [0.2, 0.25) is 0 Å². The van der Waals surface area contributed by atoms with Crippen molar-refractivity contribution in [1.82, 2.24) is 19.7 Å². The highest BCUT2D eigenvalue weighted by molar-refractivity contribution is 5.54. The third-order valence-corrected chi connectivity index (χ3v) is 2.81. The largest absolute Gasteiger partial charge is 0.435 e. The molecular weight excluding hydrogens is 245 g/mol. The van der Waals surface area contributed by atoms with Crippen LogP contribution in [0.5, 0.6) is 0 Å². The minimum atomic E-state index is -4.49. The minimum Gasteiger partial charge on any atom is -0.328 e. The minimum absolute atomic E-state index is 0.342. The summed E-state index contributed by atoms with van der Waals surface area (Å²) in [6.07, 6.45) is 2.25. The van der Waals surface area contributed by atoms with Gasteiger partial charge in [-0.25, -0.2) is 4.98 Å². The molecular formula is C11H9F3N4. The van der Waals surface area contributed by atoms with E-state index in [9.17, 15) is 13.2 Å². The maximum atomic E-state index is 12.6. The predicted molar refractivity (Wildman–Crippen MR) is 56.5 cm³/mol. The molecule has 1 fully saturated rings. The zero-order valence-electron chi connectivity index (χ0n) is 9.22. The maximum absolute atomic E-state index is 12.6. The zero-order valence-corrected chi connectivity index (χ0v) is 9.22. The first kappa shape index (κ1) is 11.2. The predicted octanol–water partition coefficient (Wildman–Crippen LogP) is 2.69. The Labute approximate surface area is 100 Å². The lowest BCUT2D eigenvalue weighted by Crippen LogP contribution is -2.09. The Morgan fingerprint density at radius 3 is 2.72 bits per heavy atom. The van der Waals surface area contributed by atoms with Gasteiger partial charge >= 0.3 is 6.18 Å². The molecule has 0 aliphatic heterocycles. The first-order valence-corrected chi connectivity index (χ1v) is 5.49. The normalized spacial score (nSPS) is 15.9. The fraction of sp³-hybridized carbons (Fsp3) is 0.364. The van der Waals surface area contributed by atoms with Crippen LogP contribution in [0.25, 0.3) is 11.4 Å². The van der Waals surface area contributed by atoms with E-state index in [1.807, 2.05) is 4.57 Å². The Bertz CT molecular complexity index is 572. The van der Waals surface area contributed by atoms with Crippen LogP contribution in [0.3, 0.4) is 0 Å². The SMILES string of the molecule is FC(F)(F)c1cc(-c2nccn2C2CC2)cnn1. The van der Waals surface area contributed by atoms with Gasteiger partial charge in [-0.05, 0) is 18.9 Å². The Kier molecular flexibility index (Phi) is 2.36. The number of hydrogen-bond donors (Lipinski definition) is 0. The van der Waals surface area contributed by atoms with Crippen molar-refractivity contribution in [3.05, 3.63) is 30.4 Å². The van der Waals surface area contributed by atoms with Crippen molar-refractivity contribution >= 4 is 0 Å². The van der Waals surface area contributed by atoms with Crippen molar-refractivity contribution < 1.29 is 13.2 Å². The van der Waals surface area contributed by atoms with Gasteiger partial charge in [-0.2, -0.15) is 18.3 Å². The Balaban J connectivity index is 2.03. The molecule has 0 bridgehead atoms. The van der Waals surface area contributed by atoms with Crippen LogP contribution in [-0.2, 0) is 6.18 Å². The molecule has 18 heavy (non-hydrogen) atoms. The standard InChI is InChI=1S/C11H9F3N4/c12-11(13,14)9-5-7(6-16-17-9)10-15-3-4-18(10)8-1-2-8/h3-6,8H,1-2H2. The summed E-state index contributed by atoms with van der Waals surface area (Å²) in [4.78, 5) is 4.10. The van der Waals surface area contributed by atoms with Gasteiger partial charge in [-0.3, -0.25) is 0 Å². The summed E-state index contributed by atoms with van der Waals surface area (Å²) >= 11 is 0. The Hall–Kier alpha value is -1.92. The first-order valence-electron chi connectivity index (χ1n) is 5.49. The summed E-state index contributed by atoms with van der Waals surface area (Å²) in [6, 6.07) is 1.33. The number of rotatable bonds is 2. The molecule has 1 aliphatic rings. The summed E-state index contributed by atoms with van der Waals surface area (Å²) in [7, 11) is 0. The van der Waals surface area contributed by atoms with Gasteiger partial charge in [0.1, 0.15) is 5.82 Å².